The molecule has 2 atom stereocenters. The number of aromatic hydroxyl groups is 1. The molecule has 4 aliphatic rings. The van der Waals surface area contributed by atoms with E-state index in [1.54, 1.807) is 24.3 Å². The second-order valence-corrected chi connectivity index (χ2v) is 11.1. The number of phenols is 1. The van der Waals surface area contributed by atoms with E-state index in [-0.39, 0.29) is 22.2 Å². The normalized spacial score (nSPS) is 23.2. The lowest BCUT2D eigenvalue weighted by atomic mass is 9.47. The van der Waals surface area contributed by atoms with Crippen LogP contribution in [0.25, 0.3) is 0 Å². The van der Waals surface area contributed by atoms with E-state index in [0.29, 0.717) is 5.69 Å². The Hall–Kier alpha value is -5.35. The number of amides is 3. The zero-order valence-corrected chi connectivity index (χ0v) is 22.9. The lowest BCUT2D eigenvalue weighted by Crippen LogP contribution is -2.54. The number of imide groups is 1. The number of carbonyl (C=O) groups is 3. The first-order chi connectivity index (χ1) is 20.8. The molecule has 0 radical (unpaired) electrons. The van der Waals surface area contributed by atoms with Crippen molar-refractivity contribution in [3.8, 4) is 5.75 Å². The number of nitrogens with zero attached hydrogens (tertiary/aromatic N) is 3. The van der Waals surface area contributed by atoms with Gasteiger partial charge in [0.25, 0.3) is 11.6 Å². The number of para-hydroxylation sites is 1. The summed E-state index contributed by atoms with van der Waals surface area (Å²) in [5, 5.41) is 26.0. The molecule has 0 unspecified atom stereocenters. The van der Waals surface area contributed by atoms with E-state index in [2.05, 4.69) is 10.5 Å². The number of rotatable bonds is 5. The summed E-state index contributed by atoms with van der Waals surface area (Å²) in [7, 11) is 0. The fourth-order valence-corrected chi connectivity index (χ4v) is 7.21. The van der Waals surface area contributed by atoms with E-state index in [0.717, 1.165) is 45.4 Å². The molecule has 0 spiro atoms. The largest absolute Gasteiger partial charge is 0.507 e. The average molecular weight is 593 g/mol. The SMILES string of the molecule is O=C(N/N=C\C12c3ccccc3C(c3ccccc31)[C@H]1C(=O)N(c3ccccc3Cl)C(=O)[C@H]12)c1cc([N+](=O)[O-])ccc1O. The van der Waals surface area contributed by atoms with Crippen LogP contribution in [0.5, 0.6) is 5.75 Å². The van der Waals surface area contributed by atoms with Crippen molar-refractivity contribution >= 4 is 46.9 Å². The van der Waals surface area contributed by atoms with Gasteiger partial charge >= 0.3 is 0 Å². The number of nitrogens with one attached hydrogen (secondary N) is 1. The fourth-order valence-electron chi connectivity index (χ4n) is 6.99. The first kappa shape index (κ1) is 26.5. The molecule has 4 aromatic carbocycles. The van der Waals surface area contributed by atoms with Crippen LogP contribution in [0.15, 0.2) is 96.1 Å². The van der Waals surface area contributed by atoms with Crippen LogP contribution in [0.4, 0.5) is 11.4 Å². The predicted molar refractivity (Wildman–Crippen MR) is 157 cm³/mol. The third kappa shape index (κ3) is 3.66. The van der Waals surface area contributed by atoms with Crippen LogP contribution in [-0.4, -0.2) is 34.0 Å². The Morgan fingerprint density at radius 2 is 1.58 bits per heavy atom. The van der Waals surface area contributed by atoms with Gasteiger partial charge in [-0.15, -0.1) is 0 Å². The minimum atomic E-state index is -1.26. The van der Waals surface area contributed by atoms with E-state index in [4.69, 9.17) is 11.6 Å². The van der Waals surface area contributed by atoms with E-state index in [9.17, 15) is 29.6 Å². The van der Waals surface area contributed by atoms with Gasteiger partial charge in [0.1, 0.15) is 5.75 Å². The van der Waals surface area contributed by atoms with Crippen molar-refractivity contribution in [1.29, 1.82) is 0 Å². The Labute approximate surface area is 249 Å². The number of benzene rings is 4. The first-order valence-electron chi connectivity index (χ1n) is 13.4. The van der Waals surface area contributed by atoms with E-state index in [1.165, 1.54) is 6.21 Å². The van der Waals surface area contributed by atoms with E-state index in [1.807, 2.05) is 48.5 Å². The van der Waals surface area contributed by atoms with Crippen LogP contribution >= 0.6 is 11.6 Å². The Morgan fingerprint density at radius 1 is 0.953 bits per heavy atom. The molecular weight excluding hydrogens is 572 g/mol. The Kier molecular flexibility index (Phi) is 5.93. The maximum Gasteiger partial charge on any atom is 0.275 e. The van der Waals surface area contributed by atoms with Crippen LogP contribution in [-0.2, 0) is 15.0 Å². The summed E-state index contributed by atoms with van der Waals surface area (Å²) >= 11 is 6.47. The third-order valence-electron chi connectivity index (χ3n) is 8.65. The Balaban J connectivity index is 1.39. The Morgan fingerprint density at radius 3 is 2.23 bits per heavy atom. The number of non-ortho nitro benzene ring substituents is 1. The van der Waals surface area contributed by atoms with Gasteiger partial charge in [0.05, 0.1) is 38.4 Å². The smallest absolute Gasteiger partial charge is 0.275 e. The third-order valence-corrected chi connectivity index (χ3v) is 8.97. The minimum absolute atomic E-state index is 0.261. The van der Waals surface area contributed by atoms with Gasteiger partial charge in [-0.2, -0.15) is 5.10 Å². The van der Waals surface area contributed by atoms with Crippen LogP contribution in [0, 0.1) is 22.0 Å². The van der Waals surface area contributed by atoms with Crippen molar-refractivity contribution in [3.63, 3.8) is 0 Å². The predicted octanol–water partition coefficient (Wildman–Crippen LogP) is 4.92. The monoisotopic (exact) mass is 592 g/mol. The van der Waals surface area contributed by atoms with Crippen molar-refractivity contribution in [2.24, 2.45) is 16.9 Å². The van der Waals surface area contributed by atoms with Gasteiger partial charge < -0.3 is 5.11 Å². The van der Waals surface area contributed by atoms with E-state index >= 15 is 0 Å². The highest BCUT2D eigenvalue weighted by Crippen LogP contribution is 2.63. The van der Waals surface area contributed by atoms with Crippen LogP contribution in [0.3, 0.4) is 0 Å². The van der Waals surface area contributed by atoms with Gasteiger partial charge in [-0.1, -0.05) is 72.3 Å². The molecule has 2 N–H and O–H groups in total. The molecule has 2 bridgehead atoms. The van der Waals surface area contributed by atoms with Crippen molar-refractivity contribution < 1.29 is 24.4 Å². The second kappa shape index (κ2) is 9.60. The first-order valence-corrected chi connectivity index (χ1v) is 13.8. The molecule has 3 aliphatic carbocycles. The van der Waals surface area contributed by atoms with Crippen LogP contribution in [0.2, 0.25) is 5.02 Å². The number of phenolic OH excluding ortho intramolecular Hbond substituents is 1. The summed E-state index contributed by atoms with van der Waals surface area (Å²) in [5.74, 6) is -4.23. The highest BCUT2D eigenvalue weighted by Gasteiger charge is 2.68. The number of hydrogen-bond donors (Lipinski definition) is 2. The molecule has 11 heteroatoms. The number of halogens is 1. The zero-order valence-electron chi connectivity index (χ0n) is 22.2. The zero-order chi connectivity index (χ0) is 30.0. The van der Waals surface area contributed by atoms with E-state index < -0.39 is 45.7 Å². The molecule has 1 aliphatic heterocycles. The van der Waals surface area contributed by atoms with Crippen LogP contribution < -0.4 is 10.3 Å². The standard InChI is InChI=1S/C32H21ClN4O6/c33-23-11-5-6-12-24(23)36-30(40)27-26-18-7-1-3-9-21(18)32(28(27)31(36)41,22-10-4-2-8-19(22)26)16-34-35-29(39)20-15-17(37(42)43)13-14-25(20)38/h1-16,26-28,38H,(H,35,39)/b34-16-/t26?,27-,28+,32?/m1/s1. The summed E-state index contributed by atoms with van der Waals surface area (Å²) in [6.07, 6.45) is 1.46. The molecule has 1 saturated heterocycles. The molecule has 212 valence electrons. The molecule has 1 fully saturated rings. The van der Waals surface area contributed by atoms with Gasteiger partial charge in [-0.3, -0.25) is 24.5 Å². The summed E-state index contributed by atoms with van der Waals surface area (Å²) in [6, 6.07) is 24.9. The number of nitro benzene ring substituents is 1. The van der Waals surface area contributed by atoms with Gasteiger partial charge in [0.15, 0.2) is 0 Å². The second-order valence-electron chi connectivity index (χ2n) is 10.6. The Bertz CT molecular complexity index is 1880. The number of hydrogen-bond acceptors (Lipinski definition) is 7. The minimum Gasteiger partial charge on any atom is -0.507 e. The molecule has 1 heterocycles. The maximum absolute atomic E-state index is 14.4. The highest BCUT2D eigenvalue weighted by atomic mass is 35.5. The van der Waals surface area contributed by atoms with Crippen molar-refractivity contribution in [3.05, 3.63) is 134 Å². The maximum atomic E-state index is 14.4. The summed E-state index contributed by atoms with van der Waals surface area (Å²) in [5.41, 5.74) is 3.98. The number of hydrazone groups is 1. The van der Waals surface area contributed by atoms with Crippen molar-refractivity contribution in [1.82, 2.24) is 5.43 Å². The number of carbonyl (C=O) groups excluding carboxylic acids is 3. The van der Waals surface area contributed by atoms with Gasteiger partial charge in [0, 0.05) is 24.3 Å². The molecule has 0 saturated carbocycles. The van der Waals surface area contributed by atoms with Gasteiger partial charge in [-0.05, 0) is 40.5 Å². The molecule has 8 rings (SSSR count). The quantitative estimate of drug-likeness (QED) is 0.146. The number of anilines is 1. The van der Waals surface area contributed by atoms with Crippen molar-refractivity contribution in [2.45, 2.75) is 11.3 Å². The molecule has 4 aromatic rings. The van der Waals surface area contributed by atoms with Crippen LogP contribution in [0.1, 0.15) is 38.5 Å². The summed E-state index contributed by atoms with van der Waals surface area (Å²) in [4.78, 5) is 53.3. The fraction of sp³-hybridized carbons (Fsp3) is 0.125. The molecule has 3 amide bonds. The molecule has 0 aromatic heterocycles. The number of nitro groups is 1. The lowest BCUT2D eigenvalue weighted by Gasteiger charge is -2.52. The summed E-state index contributed by atoms with van der Waals surface area (Å²) < 4.78 is 0. The highest BCUT2D eigenvalue weighted by molar-refractivity contribution is 6.36. The summed E-state index contributed by atoms with van der Waals surface area (Å²) in [6.45, 7) is 0. The molecule has 10 nitrogen and oxygen atoms in total. The van der Waals surface area contributed by atoms with Crippen molar-refractivity contribution in [2.75, 3.05) is 4.90 Å². The molecule has 43 heavy (non-hydrogen) atoms. The van der Waals surface area contributed by atoms with Gasteiger partial charge in [0.2, 0.25) is 11.8 Å². The molecular formula is C32H21ClN4O6. The topological polar surface area (TPSA) is 142 Å². The lowest BCUT2D eigenvalue weighted by molar-refractivity contribution is -0.384. The average Bonchev–Trinajstić information content (AvgIpc) is 3.28. The van der Waals surface area contributed by atoms with Gasteiger partial charge in [-0.25, -0.2) is 10.3 Å².